The molecule has 1 amide bonds. The van der Waals surface area contributed by atoms with Crippen LogP contribution in [0.5, 0.6) is 17.2 Å². The van der Waals surface area contributed by atoms with Gasteiger partial charge in [-0.1, -0.05) is 5.92 Å². The predicted octanol–water partition coefficient (Wildman–Crippen LogP) is 4.61. The first-order chi connectivity index (χ1) is 15.0. The zero-order valence-corrected chi connectivity index (χ0v) is 19.3. The molecule has 0 bridgehead atoms. The minimum Gasteiger partial charge on any atom is -0.494 e. The van der Waals surface area contributed by atoms with Crippen molar-refractivity contribution in [3.63, 3.8) is 0 Å². The first kappa shape index (κ1) is 22.5. The van der Waals surface area contributed by atoms with Crippen LogP contribution in [0.15, 0.2) is 45.9 Å². The van der Waals surface area contributed by atoms with Gasteiger partial charge in [-0.3, -0.25) is 4.79 Å². The van der Waals surface area contributed by atoms with E-state index in [1.54, 1.807) is 24.3 Å². The number of terminal acetylenes is 1. The number of halogens is 1. The van der Waals surface area contributed by atoms with E-state index in [2.05, 4.69) is 39.0 Å². The first-order valence-corrected chi connectivity index (χ1v) is 10.7. The summed E-state index contributed by atoms with van der Waals surface area (Å²) in [5.41, 5.74) is 3.79. The Kier molecular flexibility index (Phi) is 7.78. The summed E-state index contributed by atoms with van der Waals surface area (Å²) in [4.78, 5) is 12.4. The Morgan fingerprint density at radius 1 is 1.19 bits per heavy atom. The van der Waals surface area contributed by atoms with E-state index >= 15 is 0 Å². The van der Waals surface area contributed by atoms with Crippen LogP contribution < -0.4 is 19.6 Å². The number of benzene rings is 2. The number of hydrogen-bond donors (Lipinski definition) is 1. The highest BCUT2D eigenvalue weighted by Gasteiger charge is 2.13. The van der Waals surface area contributed by atoms with Crippen molar-refractivity contribution in [2.45, 2.75) is 13.8 Å². The van der Waals surface area contributed by atoms with Crippen LogP contribution in [0.2, 0.25) is 0 Å². The Bertz CT molecular complexity index is 1150. The van der Waals surface area contributed by atoms with Gasteiger partial charge in [-0.15, -0.1) is 6.42 Å². The highest BCUT2D eigenvalue weighted by atomic mass is 127. The van der Waals surface area contributed by atoms with Crippen LogP contribution in [0.3, 0.4) is 0 Å². The maximum absolute atomic E-state index is 12.4. The number of furan rings is 1. The molecule has 8 heteroatoms. The summed E-state index contributed by atoms with van der Waals surface area (Å²) in [5, 5.41) is 4.80. The molecule has 1 aromatic heterocycles. The van der Waals surface area contributed by atoms with Crippen molar-refractivity contribution in [1.29, 1.82) is 0 Å². The maximum Gasteiger partial charge on any atom is 0.307 e. The average molecular weight is 532 g/mol. The van der Waals surface area contributed by atoms with Crippen molar-refractivity contribution >= 4 is 45.7 Å². The Morgan fingerprint density at radius 2 is 2.00 bits per heavy atom. The molecule has 3 aromatic rings. The molecule has 2 aromatic carbocycles. The predicted molar refractivity (Wildman–Crippen MR) is 127 cm³/mol. The molecule has 3 rings (SSSR count). The summed E-state index contributed by atoms with van der Waals surface area (Å²) in [7, 11) is 0. The van der Waals surface area contributed by atoms with Gasteiger partial charge < -0.3 is 18.6 Å². The van der Waals surface area contributed by atoms with Gasteiger partial charge >= 0.3 is 5.91 Å². The molecule has 0 aliphatic carbocycles. The van der Waals surface area contributed by atoms with E-state index in [9.17, 15) is 4.79 Å². The molecule has 7 nitrogen and oxygen atoms in total. The molecule has 0 unspecified atom stereocenters. The van der Waals surface area contributed by atoms with Gasteiger partial charge in [0.05, 0.1) is 23.0 Å². The van der Waals surface area contributed by atoms with Gasteiger partial charge in [0.15, 0.2) is 17.3 Å². The molecule has 0 aliphatic rings. The molecular formula is C23H21IN2O5. The second kappa shape index (κ2) is 10.7. The van der Waals surface area contributed by atoms with Crippen LogP contribution >= 0.6 is 22.6 Å². The fourth-order valence-electron chi connectivity index (χ4n) is 2.79. The molecule has 0 atom stereocenters. The molecule has 1 heterocycles. The van der Waals surface area contributed by atoms with Gasteiger partial charge in [0.1, 0.15) is 17.9 Å². The van der Waals surface area contributed by atoms with Crippen LogP contribution in [-0.4, -0.2) is 31.9 Å². The van der Waals surface area contributed by atoms with E-state index in [1.807, 2.05) is 26.0 Å². The number of carbonyl (C=O) groups is 1. The largest absolute Gasteiger partial charge is 0.494 e. The summed E-state index contributed by atoms with van der Waals surface area (Å²) >= 11 is 2.13. The number of rotatable bonds is 9. The minimum atomic E-state index is -0.459. The summed E-state index contributed by atoms with van der Waals surface area (Å²) in [6, 6.07) is 10.6. The molecule has 0 saturated carbocycles. The van der Waals surface area contributed by atoms with Crippen LogP contribution in [0, 0.1) is 15.9 Å². The second-order valence-corrected chi connectivity index (χ2v) is 7.36. The van der Waals surface area contributed by atoms with Gasteiger partial charge in [0.2, 0.25) is 0 Å². The quantitative estimate of drug-likeness (QED) is 0.189. The molecule has 0 spiro atoms. The lowest BCUT2D eigenvalue weighted by atomic mass is 10.2. The van der Waals surface area contributed by atoms with Crippen molar-refractivity contribution in [2.24, 2.45) is 5.10 Å². The second-order valence-electron chi connectivity index (χ2n) is 6.20. The Labute approximate surface area is 193 Å². The smallest absolute Gasteiger partial charge is 0.307 e. The van der Waals surface area contributed by atoms with Crippen molar-refractivity contribution in [2.75, 3.05) is 19.8 Å². The van der Waals surface area contributed by atoms with Gasteiger partial charge in [-0.05, 0) is 78.4 Å². The number of hydrazone groups is 1. The monoisotopic (exact) mass is 532 g/mol. The highest BCUT2D eigenvalue weighted by molar-refractivity contribution is 14.1. The van der Waals surface area contributed by atoms with Gasteiger partial charge in [0, 0.05) is 5.39 Å². The average Bonchev–Trinajstić information content (AvgIpc) is 3.17. The molecule has 0 radical (unpaired) electrons. The van der Waals surface area contributed by atoms with Crippen LogP contribution in [0.4, 0.5) is 0 Å². The van der Waals surface area contributed by atoms with E-state index in [0.29, 0.717) is 30.3 Å². The van der Waals surface area contributed by atoms with Crippen LogP contribution in [0.25, 0.3) is 11.0 Å². The number of carbonyl (C=O) groups excluding carboxylic acids is 1. The Hall–Kier alpha value is -3.19. The minimum absolute atomic E-state index is 0.142. The number of nitrogens with one attached hydrogen (secondary N) is 1. The number of amides is 1. The molecular weight excluding hydrogens is 511 g/mol. The fraction of sp³-hybridized carbons (Fsp3) is 0.217. The third-order valence-corrected chi connectivity index (χ3v) is 4.84. The van der Waals surface area contributed by atoms with Gasteiger partial charge in [-0.2, -0.15) is 5.10 Å². The number of hydrogen-bond acceptors (Lipinski definition) is 6. The molecule has 31 heavy (non-hydrogen) atoms. The summed E-state index contributed by atoms with van der Waals surface area (Å²) < 4.78 is 23.1. The van der Waals surface area contributed by atoms with E-state index in [0.717, 1.165) is 20.3 Å². The van der Waals surface area contributed by atoms with Crippen molar-refractivity contribution in [1.82, 2.24) is 5.43 Å². The van der Waals surface area contributed by atoms with Gasteiger partial charge in [-0.25, -0.2) is 5.43 Å². The number of fused-ring (bicyclic) bond motifs is 1. The Morgan fingerprint density at radius 3 is 2.74 bits per heavy atom. The lowest BCUT2D eigenvalue weighted by molar-refractivity contribution is 0.0929. The molecule has 0 aliphatic heterocycles. The van der Waals surface area contributed by atoms with Gasteiger partial charge in [0.25, 0.3) is 0 Å². The molecule has 160 valence electrons. The van der Waals surface area contributed by atoms with Crippen molar-refractivity contribution in [3.05, 3.63) is 51.3 Å². The summed E-state index contributed by atoms with van der Waals surface area (Å²) in [6.07, 6.45) is 6.79. The SMILES string of the molecule is C#CCOc1c(I)cc(C=NNC(=O)c2cc3cc(OCC)ccc3o2)cc1OCC. The van der Waals surface area contributed by atoms with Crippen molar-refractivity contribution in [3.8, 4) is 29.6 Å². The molecule has 0 saturated heterocycles. The zero-order chi connectivity index (χ0) is 22.2. The number of nitrogens with zero attached hydrogens (tertiary/aromatic N) is 1. The maximum atomic E-state index is 12.4. The standard InChI is InChI=1S/C23H21IN2O5/c1-4-9-30-22-18(24)10-15(11-20(22)29-6-3)14-25-26-23(27)21-13-16-12-17(28-5-2)7-8-19(16)31-21/h1,7-8,10-14H,5-6,9H2,2-3H3,(H,26,27). The van der Waals surface area contributed by atoms with E-state index in [1.165, 1.54) is 6.21 Å². The number of ether oxygens (including phenoxy) is 3. The summed E-state index contributed by atoms with van der Waals surface area (Å²) in [6.45, 7) is 4.96. The zero-order valence-electron chi connectivity index (χ0n) is 17.1. The first-order valence-electron chi connectivity index (χ1n) is 9.58. The fourth-order valence-corrected chi connectivity index (χ4v) is 3.57. The Balaban J connectivity index is 1.73. The van der Waals surface area contributed by atoms with Crippen LogP contribution in [-0.2, 0) is 0 Å². The molecule has 0 fully saturated rings. The van der Waals surface area contributed by atoms with E-state index < -0.39 is 5.91 Å². The lowest BCUT2D eigenvalue weighted by Gasteiger charge is -2.13. The summed E-state index contributed by atoms with van der Waals surface area (Å²) in [5.74, 6) is 3.99. The van der Waals surface area contributed by atoms with E-state index in [-0.39, 0.29) is 12.4 Å². The van der Waals surface area contributed by atoms with Crippen molar-refractivity contribution < 1.29 is 23.4 Å². The topological polar surface area (TPSA) is 82.3 Å². The third kappa shape index (κ3) is 5.70. The third-order valence-electron chi connectivity index (χ3n) is 4.03. The lowest BCUT2D eigenvalue weighted by Crippen LogP contribution is -2.16. The van der Waals surface area contributed by atoms with E-state index in [4.69, 9.17) is 25.1 Å². The van der Waals surface area contributed by atoms with Crippen LogP contribution in [0.1, 0.15) is 30.0 Å². The molecule has 1 N–H and O–H groups in total. The normalized spacial score (nSPS) is 10.8. The highest BCUT2D eigenvalue weighted by Crippen LogP contribution is 2.34.